The van der Waals surface area contributed by atoms with Crippen molar-refractivity contribution in [2.75, 3.05) is 0 Å². The van der Waals surface area contributed by atoms with Gasteiger partial charge in [0.15, 0.2) is 0 Å². The van der Waals surface area contributed by atoms with Crippen molar-refractivity contribution in [3.8, 4) is 0 Å². The minimum atomic E-state index is 0.684. The average molecular weight is 236 g/mol. The number of nitrogens with zero attached hydrogens (tertiary/aromatic N) is 3. The summed E-state index contributed by atoms with van der Waals surface area (Å²) in [7, 11) is 0. The Morgan fingerprint density at radius 3 is 3.06 bits per heavy atom. The second kappa shape index (κ2) is 3.74. The van der Waals surface area contributed by atoms with Gasteiger partial charge >= 0.3 is 0 Å². The molecular weight excluding hydrogens is 222 g/mol. The van der Waals surface area contributed by atoms with Crippen LogP contribution in [0.5, 0.6) is 0 Å². The van der Waals surface area contributed by atoms with Crippen LogP contribution in [0.4, 0.5) is 0 Å². The molecule has 1 atom stereocenters. The minimum Gasteiger partial charge on any atom is -0.244 e. The first-order valence-electron chi connectivity index (χ1n) is 5.73. The van der Waals surface area contributed by atoms with Crippen molar-refractivity contribution < 1.29 is 0 Å². The van der Waals surface area contributed by atoms with E-state index in [2.05, 4.69) is 17.2 Å². The topological polar surface area (TPSA) is 30.7 Å². The Bertz CT molecular complexity index is 516. The highest BCUT2D eigenvalue weighted by atomic mass is 35.5. The van der Waals surface area contributed by atoms with Crippen LogP contribution in [0.3, 0.4) is 0 Å². The third-order valence-corrected chi connectivity index (χ3v) is 3.60. The Morgan fingerprint density at radius 1 is 1.50 bits per heavy atom. The van der Waals surface area contributed by atoms with E-state index in [9.17, 15) is 0 Å². The van der Waals surface area contributed by atoms with Crippen LogP contribution in [0, 0.1) is 11.8 Å². The fraction of sp³-hybridized carbons (Fsp3) is 0.500. The van der Waals surface area contributed by atoms with Gasteiger partial charge in [-0.15, -0.1) is 5.10 Å². The minimum absolute atomic E-state index is 0.684. The summed E-state index contributed by atoms with van der Waals surface area (Å²) in [4.78, 5) is 0. The fourth-order valence-electron chi connectivity index (χ4n) is 2.16. The SMILES string of the molecule is CC(Cn1nnc2ccc(Cl)cc21)C1CC1. The number of hydrogen-bond donors (Lipinski definition) is 0. The van der Waals surface area contributed by atoms with Crippen molar-refractivity contribution in [1.29, 1.82) is 0 Å². The molecule has 0 radical (unpaired) electrons. The second-order valence-electron chi connectivity index (χ2n) is 4.72. The van der Waals surface area contributed by atoms with Gasteiger partial charge < -0.3 is 0 Å². The van der Waals surface area contributed by atoms with Gasteiger partial charge in [-0.05, 0) is 42.9 Å². The van der Waals surface area contributed by atoms with E-state index < -0.39 is 0 Å². The molecule has 1 saturated carbocycles. The summed E-state index contributed by atoms with van der Waals surface area (Å²) in [6, 6.07) is 5.71. The summed E-state index contributed by atoms with van der Waals surface area (Å²) in [5.74, 6) is 1.57. The summed E-state index contributed by atoms with van der Waals surface area (Å²) >= 11 is 5.99. The van der Waals surface area contributed by atoms with E-state index in [0.717, 1.165) is 28.5 Å². The zero-order chi connectivity index (χ0) is 11.1. The Morgan fingerprint density at radius 2 is 2.31 bits per heavy atom. The van der Waals surface area contributed by atoms with E-state index in [1.165, 1.54) is 12.8 Å². The van der Waals surface area contributed by atoms with E-state index in [0.29, 0.717) is 5.92 Å². The lowest BCUT2D eigenvalue weighted by Crippen LogP contribution is -2.10. The number of aromatic nitrogens is 3. The van der Waals surface area contributed by atoms with Gasteiger partial charge in [-0.3, -0.25) is 0 Å². The summed E-state index contributed by atoms with van der Waals surface area (Å²) in [6.45, 7) is 3.23. The largest absolute Gasteiger partial charge is 0.244 e. The maximum absolute atomic E-state index is 5.99. The van der Waals surface area contributed by atoms with Crippen molar-refractivity contribution in [1.82, 2.24) is 15.0 Å². The molecule has 1 unspecified atom stereocenters. The first-order chi connectivity index (χ1) is 7.74. The zero-order valence-corrected chi connectivity index (χ0v) is 9.98. The van der Waals surface area contributed by atoms with Crippen LogP contribution < -0.4 is 0 Å². The van der Waals surface area contributed by atoms with Gasteiger partial charge in [-0.25, -0.2) is 4.68 Å². The third kappa shape index (κ3) is 1.80. The molecule has 3 rings (SSSR count). The molecule has 4 heteroatoms. The molecule has 1 aliphatic rings. The average Bonchev–Trinajstić information content (AvgIpc) is 3.04. The van der Waals surface area contributed by atoms with E-state index >= 15 is 0 Å². The highest BCUT2D eigenvalue weighted by Gasteiger charge is 2.28. The summed E-state index contributed by atoms with van der Waals surface area (Å²) < 4.78 is 1.98. The van der Waals surface area contributed by atoms with Crippen LogP contribution in [-0.4, -0.2) is 15.0 Å². The van der Waals surface area contributed by atoms with Crippen LogP contribution in [0.1, 0.15) is 19.8 Å². The van der Waals surface area contributed by atoms with Crippen LogP contribution >= 0.6 is 11.6 Å². The molecule has 0 spiro atoms. The lowest BCUT2D eigenvalue weighted by Gasteiger charge is -2.09. The summed E-state index contributed by atoms with van der Waals surface area (Å²) in [5.41, 5.74) is 1.97. The van der Waals surface area contributed by atoms with Crippen molar-refractivity contribution in [3.05, 3.63) is 23.2 Å². The molecule has 0 aliphatic heterocycles. The highest BCUT2D eigenvalue weighted by molar-refractivity contribution is 6.31. The molecule has 0 amide bonds. The van der Waals surface area contributed by atoms with Crippen LogP contribution in [-0.2, 0) is 6.54 Å². The first kappa shape index (κ1) is 10.1. The lowest BCUT2D eigenvalue weighted by atomic mass is 10.1. The number of hydrogen-bond acceptors (Lipinski definition) is 2. The summed E-state index contributed by atoms with van der Waals surface area (Å²) in [6.07, 6.45) is 2.74. The van der Waals surface area contributed by atoms with Crippen molar-refractivity contribution in [2.24, 2.45) is 11.8 Å². The Hall–Kier alpha value is -1.09. The number of benzene rings is 1. The molecule has 2 aromatic rings. The summed E-state index contributed by atoms with van der Waals surface area (Å²) in [5, 5.41) is 9.09. The number of fused-ring (bicyclic) bond motifs is 1. The molecule has 1 heterocycles. The number of rotatable bonds is 3. The van der Waals surface area contributed by atoms with E-state index in [4.69, 9.17) is 11.6 Å². The van der Waals surface area contributed by atoms with Gasteiger partial charge in [0.05, 0.1) is 5.52 Å². The van der Waals surface area contributed by atoms with Crippen LogP contribution in [0.15, 0.2) is 18.2 Å². The second-order valence-corrected chi connectivity index (χ2v) is 5.16. The van der Waals surface area contributed by atoms with Gasteiger partial charge in [-0.1, -0.05) is 23.7 Å². The molecule has 0 bridgehead atoms. The van der Waals surface area contributed by atoms with Crippen molar-refractivity contribution in [3.63, 3.8) is 0 Å². The molecule has 3 nitrogen and oxygen atoms in total. The third-order valence-electron chi connectivity index (χ3n) is 3.36. The predicted octanol–water partition coefficient (Wildman–Crippen LogP) is 3.13. The van der Waals surface area contributed by atoms with Gasteiger partial charge in [0, 0.05) is 11.6 Å². The van der Waals surface area contributed by atoms with Gasteiger partial charge in [0.25, 0.3) is 0 Å². The molecule has 0 N–H and O–H groups in total. The zero-order valence-electron chi connectivity index (χ0n) is 9.23. The normalized spacial score (nSPS) is 17.9. The van der Waals surface area contributed by atoms with Crippen molar-refractivity contribution >= 4 is 22.6 Å². The smallest absolute Gasteiger partial charge is 0.113 e. The fourth-order valence-corrected chi connectivity index (χ4v) is 2.33. The molecule has 16 heavy (non-hydrogen) atoms. The Labute approximate surface area is 99.4 Å². The van der Waals surface area contributed by atoms with E-state index in [-0.39, 0.29) is 0 Å². The molecule has 84 valence electrons. The maximum Gasteiger partial charge on any atom is 0.113 e. The van der Waals surface area contributed by atoms with E-state index in [1.807, 2.05) is 22.9 Å². The van der Waals surface area contributed by atoms with Gasteiger partial charge in [0.2, 0.25) is 0 Å². The van der Waals surface area contributed by atoms with Gasteiger partial charge in [-0.2, -0.15) is 0 Å². The molecule has 0 saturated heterocycles. The maximum atomic E-state index is 5.99. The Balaban J connectivity index is 1.93. The van der Waals surface area contributed by atoms with Crippen LogP contribution in [0.25, 0.3) is 11.0 Å². The lowest BCUT2D eigenvalue weighted by molar-refractivity contribution is 0.407. The Kier molecular flexibility index (Phi) is 2.36. The molecule has 1 aromatic heterocycles. The van der Waals surface area contributed by atoms with E-state index in [1.54, 1.807) is 0 Å². The monoisotopic (exact) mass is 235 g/mol. The number of halogens is 1. The standard InChI is InChI=1S/C12H14ClN3/c1-8(9-2-3-9)7-16-12-6-10(13)4-5-11(12)14-15-16/h4-6,8-9H,2-3,7H2,1H3. The molecule has 1 aromatic carbocycles. The quantitative estimate of drug-likeness (QED) is 0.818. The first-order valence-corrected chi connectivity index (χ1v) is 6.10. The molecule has 1 aliphatic carbocycles. The van der Waals surface area contributed by atoms with Gasteiger partial charge in [0.1, 0.15) is 5.52 Å². The molecule has 1 fully saturated rings. The molecular formula is C12H14ClN3. The predicted molar refractivity (Wildman–Crippen MR) is 64.4 cm³/mol. The van der Waals surface area contributed by atoms with Crippen molar-refractivity contribution in [2.45, 2.75) is 26.3 Å². The van der Waals surface area contributed by atoms with Crippen LogP contribution in [0.2, 0.25) is 5.02 Å². The highest BCUT2D eigenvalue weighted by Crippen LogP contribution is 2.37.